The van der Waals surface area contributed by atoms with Crippen LogP contribution in [0.4, 0.5) is 0 Å². The second-order valence-corrected chi connectivity index (χ2v) is 5.35. The van der Waals surface area contributed by atoms with E-state index in [-0.39, 0.29) is 5.91 Å². The summed E-state index contributed by atoms with van der Waals surface area (Å²) in [4.78, 5) is 16.6. The van der Waals surface area contributed by atoms with Gasteiger partial charge in [-0.3, -0.25) is 9.69 Å². The number of amides is 1. The standard InChI is InChI=1S/C12H23N3O2/c1-12(2,17-3)11(16)15-6-4-14(5-7-15)10-8-13-9-10/h10,13H,4-9H2,1-3H3. The van der Waals surface area contributed by atoms with E-state index < -0.39 is 5.60 Å². The molecule has 0 bridgehead atoms. The van der Waals surface area contributed by atoms with Crippen LogP contribution in [-0.4, -0.2) is 73.7 Å². The summed E-state index contributed by atoms with van der Waals surface area (Å²) in [6.07, 6.45) is 0. The molecular weight excluding hydrogens is 218 g/mol. The molecule has 17 heavy (non-hydrogen) atoms. The molecule has 1 amide bonds. The van der Waals surface area contributed by atoms with Crippen molar-refractivity contribution in [1.82, 2.24) is 15.1 Å². The van der Waals surface area contributed by atoms with Gasteiger partial charge < -0.3 is 15.0 Å². The van der Waals surface area contributed by atoms with E-state index in [1.807, 2.05) is 18.7 Å². The van der Waals surface area contributed by atoms with Crippen LogP contribution in [0, 0.1) is 0 Å². The Bertz CT molecular complexity index is 281. The maximum Gasteiger partial charge on any atom is 0.254 e. The van der Waals surface area contributed by atoms with Gasteiger partial charge in [0.15, 0.2) is 0 Å². The Kier molecular flexibility index (Phi) is 3.70. The van der Waals surface area contributed by atoms with Gasteiger partial charge in [0.25, 0.3) is 5.91 Å². The Morgan fingerprint density at radius 1 is 1.24 bits per heavy atom. The molecule has 0 aliphatic carbocycles. The molecule has 0 spiro atoms. The van der Waals surface area contributed by atoms with E-state index in [0.29, 0.717) is 6.04 Å². The molecule has 0 radical (unpaired) electrons. The van der Waals surface area contributed by atoms with Crippen molar-refractivity contribution in [2.75, 3.05) is 46.4 Å². The van der Waals surface area contributed by atoms with Crippen LogP contribution in [-0.2, 0) is 9.53 Å². The zero-order valence-electron chi connectivity index (χ0n) is 11.0. The highest BCUT2D eigenvalue weighted by molar-refractivity contribution is 5.84. The summed E-state index contributed by atoms with van der Waals surface area (Å²) < 4.78 is 5.24. The summed E-state index contributed by atoms with van der Waals surface area (Å²) in [5.41, 5.74) is -0.694. The summed E-state index contributed by atoms with van der Waals surface area (Å²) in [6.45, 7) is 9.46. The number of carbonyl (C=O) groups is 1. The SMILES string of the molecule is COC(C)(C)C(=O)N1CCN(C2CNC2)CC1. The van der Waals surface area contributed by atoms with Gasteiger partial charge in [-0.25, -0.2) is 0 Å². The maximum atomic E-state index is 12.2. The van der Waals surface area contributed by atoms with Gasteiger partial charge in [-0.05, 0) is 13.8 Å². The number of piperazine rings is 1. The predicted molar refractivity (Wildman–Crippen MR) is 65.9 cm³/mol. The lowest BCUT2D eigenvalue weighted by Crippen LogP contribution is -2.63. The molecule has 2 fully saturated rings. The first-order chi connectivity index (χ1) is 8.04. The van der Waals surface area contributed by atoms with Crippen molar-refractivity contribution in [2.45, 2.75) is 25.5 Å². The largest absolute Gasteiger partial charge is 0.369 e. The lowest BCUT2D eigenvalue weighted by Gasteiger charge is -2.44. The fourth-order valence-electron chi connectivity index (χ4n) is 2.29. The zero-order valence-corrected chi connectivity index (χ0v) is 11.0. The number of rotatable bonds is 3. The molecule has 2 aliphatic heterocycles. The highest BCUT2D eigenvalue weighted by atomic mass is 16.5. The minimum Gasteiger partial charge on any atom is -0.369 e. The van der Waals surface area contributed by atoms with Crippen molar-refractivity contribution >= 4 is 5.91 Å². The third-order valence-corrected chi connectivity index (χ3v) is 3.90. The topological polar surface area (TPSA) is 44.8 Å². The molecule has 98 valence electrons. The van der Waals surface area contributed by atoms with Gasteiger partial charge in [0, 0.05) is 52.4 Å². The third kappa shape index (κ3) is 2.61. The molecule has 0 aromatic carbocycles. The summed E-state index contributed by atoms with van der Waals surface area (Å²) in [5.74, 6) is 0.103. The van der Waals surface area contributed by atoms with Crippen LogP contribution in [0.5, 0.6) is 0 Å². The van der Waals surface area contributed by atoms with Gasteiger partial charge in [0.1, 0.15) is 5.60 Å². The van der Waals surface area contributed by atoms with Crippen LogP contribution in [0.15, 0.2) is 0 Å². The summed E-state index contributed by atoms with van der Waals surface area (Å²) >= 11 is 0. The van der Waals surface area contributed by atoms with Crippen LogP contribution in [0.1, 0.15) is 13.8 Å². The molecule has 5 heteroatoms. The van der Waals surface area contributed by atoms with Crippen LogP contribution in [0.3, 0.4) is 0 Å². The van der Waals surface area contributed by atoms with Gasteiger partial charge >= 0.3 is 0 Å². The van der Waals surface area contributed by atoms with E-state index in [1.165, 1.54) is 0 Å². The van der Waals surface area contributed by atoms with Crippen molar-refractivity contribution < 1.29 is 9.53 Å². The van der Waals surface area contributed by atoms with Gasteiger partial charge in [-0.15, -0.1) is 0 Å². The van der Waals surface area contributed by atoms with E-state index in [2.05, 4.69) is 10.2 Å². The monoisotopic (exact) mass is 241 g/mol. The first-order valence-electron chi connectivity index (χ1n) is 6.34. The fourth-order valence-corrected chi connectivity index (χ4v) is 2.29. The van der Waals surface area contributed by atoms with Crippen LogP contribution in [0.2, 0.25) is 0 Å². The molecular formula is C12H23N3O2. The summed E-state index contributed by atoms with van der Waals surface area (Å²) in [7, 11) is 1.59. The Morgan fingerprint density at radius 3 is 2.24 bits per heavy atom. The number of ether oxygens (including phenoxy) is 1. The van der Waals surface area contributed by atoms with Gasteiger partial charge in [0.2, 0.25) is 0 Å². The highest BCUT2D eigenvalue weighted by Gasteiger charge is 2.35. The Labute approximate surface area is 103 Å². The molecule has 2 rings (SSSR count). The fraction of sp³-hybridized carbons (Fsp3) is 0.917. The summed E-state index contributed by atoms with van der Waals surface area (Å²) in [5, 5.41) is 3.28. The average Bonchev–Trinajstić information content (AvgIpc) is 2.27. The normalized spacial score (nSPS) is 23.6. The lowest BCUT2D eigenvalue weighted by atomic mass is 10.1. The molecule has 0 atom stereocenters. The lowest BCUT2D eigenvalue weighted by molar-refractivity contribution is -0.153. The molecule has 1 N–H and O–H groups in total. The first-order valence-corrected chi connectivity index (χ1v) is 6.34. The van der Waals surface area contributed by atoms with Gasteiger partial charge in [-0.1, -0.05) is 0 Å². The van der Waals surface area contributed by atoms with Crippen molar-refractivity contribution in [2.24, 2.45) is 0 Å². The van der Waals surface area contributed by atoms with E-state index in [4.69, 9.17) is 4.74 Å². The zero-order chi connectivity index (χ0) is 12.5. The number of nitrogens with one attached hydrogen (secondary N) is 1. The minimum absolute atomic E-state index is 0.103. The van der Waals surface area contributed by atoms with Crippen LogP contribution >= 0.6 is 0 Å². The number of hydrogen-bond donors (Lipinski definition) is 1. The Balaban J connectivity index is 1.84. The van der Waals surface area contributed by atoms with E-state index in [0.717, 1.165) is 39.3 Å². The van der Waals surface area contributed by atoms with Crippen molar-refractivity contribution in [3.63, 3.8) is 0 Å². The predicted octanol–water partition coefficient (Wildman–Crippen LogP) is -0.473. The number of hydrogen-bond acceptors (Lipinski definition) is 4. The molecule has 2 saturated heterocycles. The van der Waals surface area contributed by atoms with Crippen molar-refractivity contribution in [3.8, 4) is 0 Å². The molecule has 5 nitrogen and oxygen atoms in total. The van der Waals surface area contributed by atoms with Crippen molar-refractivity contribution in [3.05, 3.63) is 0 Å². The number of carbonyl (C=O) groups excluding carboxylic acids is 1. The smallest absolute Gasteiger partial charge is 0.254 e. The van der Waals surface area contributed by atoms with E-state index >= 15 is 0 Å². The second-order valence-electron chi connectivity index (χ2n) is 5.35. The van der Waals surface area contributed by atoms with Crippen molar-refractivity contribution in [1.29, 1.82) is 0 Å². The highest BCUT2D eigenvalue weighted by Crippen LogP contribution is 2.16. The molecule has 0 unspecified atom stereocenters. The molecule has 0 saturated carbocycles. The van der Waals surface area contributed by atoms with E-state index in [9.17, 15) is 4.79 Å². The molecule has 0 aromatic rings. The first kappa shape index (κ1) is 12.8. The second kappa shape index (κ2) is 4.92. The van der Waals surface area contributed by atoms with Gasteiger partial charge in [-0.2, -0.15) is 0 Å². The number of methoxy groups -OCH3 is 1. The average molecular weight is 241 g/mol. The minimum atomic E-state index is -0.694. The third-order valence-electron chi connectivity index (χ3n) is 3.90. The molecule has 2 aliphatic rings. The Hall–Kier alpha value is -0.650. The van der Waals surface area contributed by atoms with Crippen LogP contribution < -0.4 is 5.32 Å². The quantitative estimate of drug-likeness (QED) is 0.725. The van der Waals surface area contributed by atoms with E-state index in [1.54, 1.807) is 7.11 Å². The van der Waals surface area contributed by atoms with Gasteiger partial charge in [0.05, 0.1) is 0 Å². The summed E-state index contributed by atoms with van der Waals surface area (Å²) in [6, 6.07) is 0.683. The molecule has 0 aromatic heterocycles. The van der Waals surface area contributed by atoms with Crippen LogP contribution in [0.25, 0.3) is 0 Å². The maximum absolute atomic E-state index is 12.2. The Morgan fingerprint density at radius 2 is 1.82 bits per heavy atom. The molecule has 2 heterocycles. The number of nitrogens with zero attached hydrogens (tertiary/aromatic N) is 2.